The predicted molar refractivity (Wildman–Crippen MR) is 53.3 cm³/mol. The molecule has 3 rings (SSSR count). The lowest BCUT2D eigenvalue weighted by Gasteiger charge is -2.32. The SMILES string of the molecule is Cc1onc2c1CCC21CCNCC1. The number of nitrogens with one attached hydrogen (secondary N) is 1. The number of nitrogens with zero attached hydrogens (tertiary/aromatic N) is 1. The van der Waals surface area contributed by atoms with E-state index < -0.39 is 0 Å². The fourth-order valence-corrected chi connectivity index (χ4v) is 2.98. The Kier molecular flexibility index (Phi) is 1.71. The van der Waals surface area contributed by atoms with Crippen molar-refractivity contribution in [1.82, 2.24) is 10.5 Å². The van der Waals surface area contributed by atoms with E-state index in [0.29, 0.717) is 5.41 Å². The number of hydrogen-bond donors (Lipinski definition) is 1. The van der Waals surface area contributed by atoms with Gasteiger partial charge in [-0.2, -0.15) is 0 Å². The normalized spacial score (nSPS) is 24.1. The molecule has 1 aliphatic heterocycles. The van der Waals surface area contributed by atoms with Crippen LogP contribution >= 0.6 is 0 Å². The third-order valence-corrected chi connectivity index (χ3v) is 3.90. The molecule has 1 saturated heterocycles. The fraction of sp³-hybridized carbons (Fsp3) is 0.727. The third kappa shape index (κ3) is 0.989. The number of fused-ring (bicyclic) bond motifs is 2. The Balaban J connectivity index is 2.03. The highest BCUT2D eigenvalue weighted by atomic mass is 16.5. The fourth-order valence-electron chi connectivity index (χ4n) is 2.98. The van der Waals surface area contributed by atoms with E-state index in [1.807, 2.05) is 6.92 Å². The van der Waals surface area contributed by atoms with Gasteiger partial charge in [-0.1, -0.05) is 5.16 Å². The van der Waals surface area contributed by atoms with Crippen LogP contribution in [-0.4, -0.2) is 18.2 Å². The molecule has 2 aliphatic rings. The Morgan fingerprint density at radius 3 is 2.86 bits per heavy atom. The first-order chi connectivity index (χ1) is 6.82. The summed E-state index contributed by atoms with van der Waals surface area (Å²) in [6.45, 7) is 4.29. The largest absolute Gasteiger partial charge is 0.361 e. The number of piperidine rings is 1. The van der Waals surface area contributed by atoms with Crippen LogP contribution in [0.4, 0.5) is 0 Å². The highest BCUT2D eigenvalue weighted by Gasteiger charge is 2.43. The maximum absolute atomic E-state index is 5.29. The minimum atomic E-state index is 0.359. The number of aryl methyl sites for hydroxylation is 1. The van der Waals surface area contributed by atoms with E-state index in [4.69, 9.17) is 4.52 Å². The molecule has 0 radical (unpaired) electrons. The van der Waals surface area contributed by atoms with Crippen LogP contribution in [0.15, 0.2) is 4.52 Å². The van der Waals surface area contributed by atoms with Crippen LogP contribution in [0.25, 0.3) is 0 Å². The van der Waals surface area contributed by atoms with Crippen molar-refractivity contribution in [2.24, 2.45) is 0 Å². The van der Waals surface area contributed by atoms with Crippen molar-refractivity contribution >= 4 is 0 Å². The summed E-state index contributed by atoms with van der Waals surface area (Å²) in [6.07, 6.45) is 4.91. The zero-order chi connectivity index (χ0) is 9.60. The van der Waals surface area contributed by atoms with Gasteiger partial charge < -0.3 is 9.84 Å². The Hall–Kier alpha value is -0.830. The van der Waals surface area contributed by atoms with Gasteiger partial charge in [0.05, 0.1) is 5.69 Å². The second-order valence-corrected chi connectivity index (χ2v) is 4.60. The summed E-state index contributed by atoms with van der Waals surface area (Å²) in [5.74, 6) is 1.04. The molecule has 76 valence electrons. The molecule has 0 saturated carbocycles. The number of rotatable bonds is 0. The molecule has 1 fully saturated rings. The highest BCUT2D eigenvalue weighted by molar-refractivity contribution is 5.35. The molecule has 0 amide bonds. The van der Waals surface area contributed by atoms with Gasteiger partial charge in [0.2, 0.25) is 0 Å². The smallest absolute Gasteiger partial charge is 0.137 e. The zero-order valence-corrected chi connectivity index (χ0v) is 8.60. The van der Waals surface area contributed by atoms with Crippen molar-refractivity contribution < 1.29 is 4.52 Å². The van der Waals surface area contributed by atoms with Crippen molar-refractivity contribution in [2.75, 3.05) is 13.1 Å². The van der Waals surface area contributed by atoms with Crippen LogP contribution in [0.5, 0.6) is 0 Å². The highest BCUT2D eigenvalue weighted by Crippen LogP contribution is 2.45. The van der Waals surface area contributed by atoms with Crippen molar-refractivity contribution in [1.29, 1.82) is 0 Å². The van der Waals surface area contributed by atoms with E-state index in [2.05, 4.69) is 10.5 Å². The van der Waals surface area contributed by atoms with Crippen LogP contribution in [-0.2, 0) is 11.8 Å². The van der Waals surface area contributed by atoms with Gasteiger partial charge in [-0.3, -0.25) is 0 Å². The van der Waals surface area contributed by atoms with Gasteiger partial charge in [-0.25, -0.2) is 0 Å². The molecule has 0 unspecified atom stereocenters. The van der Waals surface area contributed by atoms with Crippen molar-refractivity contribution in [3.05, 3.63) is 17.0 Å². The van der Waals surface area contributed by atoms with Gasteiger partial charge in [0.1, 0.15) is 5.76 Å². The van der Waals surface area contributed by atoms with Gasteiger partial charge in [-0.05, 0) is 45.7 Å². The average molecular weight is 192 g/mol. The Labute approximate surface area is 83.9 Å². The van der Waals surface area contributed by atoms with E-state index in [-0.39, 0.29) is 0 Å². The summed E-state index contributed by atoms with van der Waals surface area (Å²) < 4.78 is 5.29. The standard InChI is InChI=1S/C11H16N2O/c1-8-9-2-3-11(10(9)13-14-8)4-6-12-7-5-11/h12H,2-7H2,1H3. The first-order valence-corrected chi connectivity index (χ1v) is 5.48. The summed E-state index contributed by atoms with van der Waals surface area (Å²) in [4.78, 5) is 0. The molecule has 2 heterocycles. The molecule has 14 heavy (non-hydrogen) atoms. The summed E-state index contributed by atoms with van der Waals surface area (Å²) in [7, 11) is 0. The Bertz CT molecular complexity index is 350. The molecule has 0 bridgehead atoms. The second-order valence-electron chi connectivity index (χ2n) is 4.60. The topological polar surface area (TPSA) is 38.1 Å². The minimum absolute atomic E-state index is 0.359. The van der Waals surface area contributed by atoms with Gasteiger partial charge in [0, 0.05) is 11.0 Å². The molecule has 0 aromatic carbocycles. The molecule has 1 aromatic heterocycles. The van der Waals surface area contributed by atoms with Gasteiger partial charge in [-0.15, -0.1) is 0 Å². The number of aromatic nitrogens is 1. The lowest BCUT2D eigenvalue weighted by molar-refractivity contribution is 0.276. The average Bonchev–Trinajstić information content (AvgIpc) is 2.73. The molecule has 1 aromatic rings. The molecule has 0 atom stereocenters. The van der Waals surface area contributed by atoms with Crippen LogP contribution in [0.3, 0.4) is 0 Å². The van der Waals surface area contributed by atoms with Crippen LogP contribution < -0.4 is 5.32 Å². The van der Waals surface area contributed by atoms with E-state index >= 15 is 0 Å². The first-order valence-electron chi connectivity index (χ1n) is 5.48. The summed E-state index contributed by atoms with van der Waals surface area (Å²) >= 11 is 0. The lowest BCUT2D eigenvalue weighted by Crippen LogP contribution is -2.38. The van der Waals surface area contributed by atoms with Gasteiger partial charge in [0.15, 0.2) is 0 Å². The molecule has 1 aliphatic carbocycles. The summed E-state index contributed by atoms with van der Waals surface area (Å²) in [5.41, 5.74) is 3.03. The van der Waals surface area contributed by atoms with E-state index in [1.54, 1.807) is 0 Å². The molecule has 3 heteroatoms. The Morgan fingerprint density at radius 2 is 2.07 bits per heavy atom. The van der Waals surface area contributed by atoms with E-state index in [9.17, 15) is 0 Å². The van der Waals surface area contributed by atoms with Gasteiger partial charge >= 0.3 is 0 Å². The molecular weight excluding hydrogens is 176 g/mol. The lowest BCUT2D eigenvalue weighted by atomic mass is 9.77. The summed E-state index contributed by atoms with van der Waals surface area (Å²) in [5, 5.41) is 7.69. The van der Waals surface area contributed by atoms with Crippen LogP contribution in [0.2, 0.25) is 0 Å². The molecule has 1 spiro atoms. The first kappa shape index (κ1) is 8.48. The molecule has 3 nitrogen and oxygen atoms in total. The molecular formula is C11H16N2O. The van der Waals surface area contributed by atoms with Crippen LogP contribution in [0.1, 0.15) is 36.3 Å². The predicted octanol–water partition coefficient (Wildman–Crippen LogP) is 1.55. The minimum Gasteiger partial charge on any atom is -0.361 e. The third-order valence-electron chi connectivity index (χ3n) is 3.90. The zero-order valence-electron chi connectivity index (χ0n) is 8.60. The van der Waals surface area contributed by atoms with Crippen molar-refractivity contribution in [3.8, 4) is 0 Å². The van der Waals surface area contributed by atoms with Crippen LogP contribution in [0, 0.1) is 6.92 Å². The molecule has 1 N–H and O–H groups in total. The quantitative estimate of drug-likeness (QED) is 0.677. The van der Waals surface area contributed by atoms with Crippen molar-refractivity contribution in [3.63, 3.8) is 0 Å². The van der Waals surface area contributed by atoms with E-state index in [1.165, 1.54) is 36.9 Å². The maximum Gasteiger partial charge on any atom is 0.137 e. The van der Waals surface area contributed by atoms with Crippen molar-refractivity contribution in [2.45, 2.75) is 38.0 Å². The Morgan fingerprint density at radius 1 is 1.29 bits per heavy atom. The summed E-state index contributed by atoms with van der Waals surface area (Å²) in [6, 6.07) is 0. The number of hydrogen-bond acceptors (Lipinski definition) is 3. The van der Waals surface area contributed by atoms with E-state index in [0.717, 1.165) is 18.8 Å². The monoisotopic (exact) mass is 192 g/mol. The van der Waals surface area contributed by atoms with Gasteiger partial charge in [0.25, 0.3) is 0 Å². The maximum atomic E-state index is 5.29. The second kappa shape index (κ2) is 2.83.